The molecule has 40 heavy (non-hydrogen) atoms. The molecule has 4 aromatic rings. The minimum Gasteiger partial charge on any atom is -0.465 e. The molecule has 1 atom stereocenters. The first-order valence-electron chi connectivity index (χ1n) is 13.3. The van der Waals surface area contributed by atoms with Crippen LogP contribution < -0.4 is 10.2 Å². The molecule has 1 saturated carbocycles. The Kier molecular flexibility index (Phi) is 8.14. The van der Waals surface area contributed by atoms with E-state index < -0.39 is 23.7 Å². The lowest BCUT2D eigenvalue weighted by molar-refractivity contribution is -0.127. The molecule has 1 heterocycles. The Morgan fingerprint density at radius 2 is 1.70 bits per heavy atom. The molecule has 3 aromatic carbocycles. The molecule has 206 valence electrons. The highest BCUT2D eigenvalue weighted by Gasteiger charge is 2.34. The lowest BCUT2D eigenvalue weighted by atomic mass is 9.94. The number of esters is 1. The van der Waals surface area contributed by atoms with Crippen LogP contribution in [0.1, 0.15) is 54.1 Å². The van der Waals surface area contributed by atoms with E-state index in [1.165, 1.54) is 41.0 Å². The van der Waals surface area contributed by atoms with E-state index in [-0.39, 0.29) is 18.5 Å². The van der Waals surface area contributed by atoms with E-state index in [1.54, 1.807) is 30.3 Å². The zero-order valence-electron chi connectivity index (χ0n) is 22.1. The monoisotopic (exact) mass is 543 g/mol. The van der Waals surface area contributed by atoms with Crippen molar-refractivity contribution in [1.82, 2.24) is 20.3 Å². The first-order chi connectivity index (χ1) is 19.4. The Labute approximate surface area is 230 Å². The number of rotatable bonds is 8. The van der Waals surface area contributed by atoms with Crippen LogP contribution >= 0.6 is 0 Å². The maximum atomic E-state index is 14.1. The lowest BCUT2D eigenvalue weighted by Crippen LogP contribution is -2.48. The summed E-state index contributed by atoms with van der Waals surface area (Å²) in [7, 11) is 1.29. The number of carbonyl (C=O) groups excluding carboxylic acids is 3. The molecule has 1 fully saturated rings. The van der Waals surface area contributed by atoms with E-state index in [0.29, 0.717) is 27.8 Å². The van der Waals surface area contributed by atoms with Gasteiger partial charge in [0, 0.05) is 11.7 Å². The van der Waals surface area contributed by atoms with Gasteiger partial charge in [-0.05, 0) is 66.9 Å². The predicted molar refractivity (Wildman–Crippen MR) is 147 cm³/mol. The van der Waals surface area contributed by atoms with Crippen LogP contribution in [0, 0.1) is 5.82 Å². The number of amides is 2. The van der Waals surface area contributed by atoms with Crippen molar-refractivity contribution in [2.24, 2.45) is 0 Å². The molecule has 0 bridgehead atoms. The molecule has 1 aromatic heterocycles. The minimum absolute atomic E-state index is 0.0116. The van der Waals surface area contributed by atoms with Gasteiger partial charge in [0.05, 0.1) is 18.2 Å². The number of fused-ring (bicyclic) bond motifs is 1. The van der Waals surface area contributed by atoms with Crippen molar-refractivity contribution in [1.29, 1.82) is 0 Å². The summed E-state index contributed by atoms with van der Waals surface area (Å²) in [5.41, 5.74) is 2.44. The van der Waals surface area contributed by atoms with Crippen LogP contribution in [0.25, 0.3) is 11.0 Å². The van der Waals surface area contributed by atoms with Crippen molar-refractivity contribution >= 4 is 34.5 Å². The number of hydrogen-bond donors (Lipinski definition) is 1. The second kappa shape index (κ2) is 12.1. The molecule has 0 radical (unpaired) electrons. The van der Waals surface area contributed by atoms with Crippen molar-refractivity contribution in [2.45, 2.75) is 50.7 Å². The number of para-hydroxylation sites is 1. The number of carbonyl (C=O) groups is 3. The Balaban J connectivity index is 1.56. The molecule has 1 aliphatic rings. The summed E-state index contributed by atoms with van der Waals surface area (Å²) in [6.07, 6.45) is 4.87. The van der Waals surface area contributed by atoms with E-state index in [1.807, 2.05) is 18.2 Å². The summed E-state index contributed by atoms with van der Waals surface area (Å²) in [5.74, 6) is -1.79. The van der Waals surface area contributed by atoms with Crippen molar-refractivity contribution in [3.05, 3.63) is 89.7 Å². The zero-order chi connectivity index (χ0) is 28.1. The van der Waals surface area contributed by atoms with Crippen LogP contribution in [-0.2, 0) is 20.9 Å². The van der Waals surface area contributed by atoms with Gasteiger partial charge < -0.3 is 10.1 Å². The number of aromatic nitrogens is 3. The minimum atomic E-state index is -1.10. The maximum Gasteiger partial charge on any atom is 0.337 e. The summed E-state index contributed by atoms with van der Waals surface area (Å²) < 4.78 is 20.2. The molecule has 10 heteroatoms. The first kappa shape index (κ1) is 27.0. The van der Waals surface area contributed by atoms with E-state index >= 15 is 0 Å². The Morgan fingerprint density at radius 1 is 1.00 bits per heavy atom. The van der Waals surface area contributed by atoms with Gasteiger partial charge in [-0.3, -0.25) is 14.5 Å². The summed E-state index contributed by atoms with van der Waals surface area (Å²) in [6.45, 7) is -0.203. The van der Waals surface area contributed by atoms with Crippen LogP contribution in [0.2, 0.25) is 0 Å². The second-order valence-corrected chi connectivity index (χ2v) is 9.84. The van der Waals surface area contributed by atoms with Gasteiger partial charge >= 0.3 is 5.97 Å². The van der Waals surface area contributed by atoms with Crippen LogP contribution in [-0.4, -0.2) is 45.9 Å². The van der Waals surface area contributed by atoms with Crippen LogP contribution in [0.5, 0.6) is 0 Å². The van der Waals surface area contributed by atoms with Gasteiger partial charge in [0.15, 0.2) is 0 Å². The highest BCUT2D eigenvalue weighted by molar-refractivity contribution is 6.01. The Hall–Kier alpha value is -4.60. The number of halogens is 1. The molecular weight excluding hydrogens is 513 g/mol. The smallest absolute Gasteiger partial charge is 0.337 e. The number of benzene rings is 3. The molecule has 5 rings (SSSR count). The number of nitrogens with one attached hydrogen (secondary N) is 1. The fourth-order valence-electron chi connectivity index (χ4n) is 5.14. The number of anilines is 1. The van der Waals surface area contributed by atoms with Crippen molar-refractivity contribution in [3.63, 3.8) is 0 Å². The van der Waals surface area contributed by atoms with Crippen LogP contribution in [0.4, 0.5) is 10.1 Å². The summed E-state index contributed by atoms with van der Waals surface area (Å²) in [4.78, 5) is 41.5. The van der Waals surface area contributed by atoms with Crippen molar-refractivity contribution in [2.75, 3.05) is 12.0 Å². The van der Waals surface area contributed by atoms with Gasteiger partial charge in [-0.2, -0.15) is 0 Å². The lowest BCUT2D eigenvalue weighted by Gasteiger charge is -2.33. The third-order valence-electron chi connectivity index (χ3n) is 7.18. The number of ether oxygens (including phenoxy) is 1. The zero-order valence-corrected chi connectivity index (χ0v) is 22.1. The largest absolute Gasteiger partial charge is 0.465 e. The SMILES string of the molecule is COC(=O)c1ccc(C(C(=O)NC2CCCCC2)N(C(=O)Cn2nnc3ccccc32)c2ccc(F)cc2)cc1. The van der Waals surface area contributed by atoms with Gasteiger partial charge in [-0.25, -0.2) is 13.9 Å². The molecule has 2 amide bonds. The van der Waals surface area contributed by atoms with E-state index in [0.717, 1.165) is 32.1 Å². The summed E-state index contributed by atoms with van der Waals surface area (Å²) in [6, 6.07) is 18.0. The summed E-state index contributed by atoms with van der Waals surface area (Å²) >= 11 is 0. The fraction of sp³-hybridized carbons (Fsp3) is 0.300. The van der Waals surface area contributed by atoms with Gasteiger partial charge in [0.2, 0.25) is 11.8 Å². The van der Waals surface area contributed by atoms with E-state index in [2.05, 4.69) is 15.6 Å². The van der Waals surface area contributed by atoms with Gasteiger partial charge in [-0.1, -0.05) is 48.7 Å². The average Bonchev–Trinajstić information content (AvgIpc) is 3.39. The normalized spacial score (nSPS) is 14.4. The highest BCUT2D eigenvalue weighted by Crippen LogP contribution is 2.30. The first-order valence-corrected chi connectivity index (χ1v) is 13.3. The number of hydrogen-bond acceptors (Lipinski definition) is 6. The summed E-state index contributed by atoms with van der Waals surface area (Å²) in [5, 5.41) is 11.4. The third-order valence-corrected chi connectivity index (χ3v) is 7.18. The van der Waals surface area contributed by atoms with Crippen molar-refractivity contribution < 1.29 is 23.5 Å². The second-order valence-electron chi connectivity index (χ2n) is 9.84. The van der Waals surface area contributed by atoms with Gasteiger partial charge in [0.25, 0.3) is 0 Å². The standard InChI is InChI=1S/C30H30FN5O4/c1-40-30(39)21-13-11-20(12-14-21)28(29(38)32-23-7-3-2-4-8-23)36(24-17-15-22(31)16-18-24)27(37)19-35-26-10-6-5-9-25(26)33-34-35/h5-6,9-18,23,28H,2-4,7-8,19H2,1H3,(H,32,38). The average molecular weight is 544 g/mol. The predicted octanol–water partition coefficient (Wildman–Crippen LogP) is 4.58. The van der Waals surface area contributed by atoms with Gasteiger partial charge in [0.1, 0.15) is 23.9 Å². The number of nitrogens with zero attached hydrogens (tertiary/aromatic N) is 4. The van der Waals surface area contributed by atoms with Crippen molar-refractivity contribution in [3.8, 4) is 0 Å². The van der Waals surface area contributed by atoms with E-state index in [4.69, 9.17) is 4.74 Å². The molecule has 9 nitrogen and oxygen atoms in total. The fourth-order valence-corrected chi connectivity index (χ4v) is 5.14. The molecular formula is C30H30FN5O4. The molecule has 0 saturated heterocycles. The topological polar surface area (TPSA) is 106 Å². The maximum absolute atomic E-state index is 14.1. The Morgan fingerprint density at radius 3 is 2.40 bits per heavy atom. The third kappa shape index (κ3) is 5.85. The quantitative estimate of drug-likeness (QED) is 0.326. The molecule has 0 aliphatic heterocycles. The molecule has 0 spiro atoms. The van der Waals surface area contributed by atoms with Crippen LogP contribution in [0.15, 0.2) is 72.8 Å². The molecule has 1 N–H and O–H groups in total. The van der Waals surface area contributed by atoms with Crippen LogP contribution in [0.3, 0.4) is 0 Å². The Bertz CT molecular complexity index is 1500. The van der Waals surface area contributed by atoms with E-state index in [9.17, 15) is 18.8 Å². The number of methoxy groups -OCH3 is 1. The molecule has 1 aliphatic carbocycles. The highest BCUT2D eigenvalue weighted by atomic mass is 19.1. The van der Waals surface area contributed by atoms with Gasteiger partial charge in [-0.15, -0.1) is 5.10 Å². The molecule has 1 unspecified atom stereocenters.